The summed E-state index contributed by atoms with van der Waals surface area (Å²) in [7, 11) is 0. The molecule has 0 aliphatic carbocycles. The molecule has 0 aromatic heterocycles. The molecule has 0 aromatic rings. The summed E-state index contributed by atoms with van der Waals surface area (Å²) in [5.74, 6) is 0.889. The first-order chi connectivity index (χ1) is 23.2. The summed E-state index contributed by atoms with van der Waals surface area (Å²) in [5, 5.41) is 0. The molecule has 0 saturated heterocycles. The normalized spacial score (nSPS) is 11.9. The molecule has 1 heteroatoms. The number of hydrogen-bond acceptors (Lipinski definition) is 1. The fourth-order valence-electron chi connectivity index (χ4n) is 7.52. The SMILES string of the molecule is CCCCCCCCCCCCCCCN(CCCCCCCCCCCCCCC)CCCCCCCCCCCCCC(C)C. The molecule has 0 heterocycles. The van der Waals surface area contributed by atoms with Crippen molar-refractivity contribution in [2.75, 3.05) is 19.6 Å². The Balaban J connectivity index is 3.93. The molecule has 0 saturated carbocycles. The Morgan fingerprint density at radius 2 is 0.447 bits per heavy atom. The Kier molecular flexibility index (Phi) is 42.1. The van der Waals surface area contributed by atoms with Crippen molar-refractivity contribution in [1.82, 2.24) is 4.90 Å². The average molecular weight is 662 g/mol. The molecule has 0 radical (unpaired) electrons. The van der Waals surface area contributed by atoms with Crippen molar-refractivity contribution in [3.8, 4) is 0 Å². The lowest BCUT2D eigenvalue weighted by atomic mass is 10.0. The predicted octanol–water partition coefficient (Wildman–Crippen LogP) is 16.8. The van der Waals surface area contributed by atoms with Crippen LogP contribution in [0.3, 0.4) is 0 Å². The maximum Gasteiger partial charge on any atom is -0.00187 e. The smallest absolute Gasteiger partial charge is 0.00187 e. The van der Waals surface area contributed by atoms with E-state index in [0.29, 0.717) is 0 Å². The number of rotatable bonds is 42. The largest absolute Gasteiger partial charge is 0.303 e. The topological polar surface area (TPSA) is 3.24 Å². The molecule has 0 aliphatic rings. The van der Waals surface area contributed by atoms with Crippen molar-refractivity contribution < 1.29 is 0 Å². The van der Waals surface area contributed by atoms with E-state index in [4.69, 9.17) is 0 Å². The van der Waals surface area contributed by atoms with Gasteiger partial charge in [-0.05, 0) is 44.8 Å². The first-order valence-electron chi connectivity index (χ1n) is 22.9. The van der Waals surface area contributed by atoms with Crippen LogP contribution in [0.5, 0.6) is 0 Å². The van der Waals surface area contributed by atoms with Crippen molar-refractivity contribution in [3.63, 3.8) is 0 Å². The van der Waals surface area contributed by atoms with Gasteiger partial charge in [-0.1, -0.05) is 252 Å². The Hall–Kier alpha value is -0.0400. The van der Waals surface area contributed by atoms with Gasteiger partial charge in [0, 0.05) is 0 Å². The predicted molar refractivity (Wildman–Crippen MR) is 218 cm³/mol. The molecule has 0 N–H and O–H groups in total. The van der Waals surface area contributed by atoms with Gasteiger partial charge in [-0.15, -0.1) is 0 Å². The van der Waals surface area contributed by atoms with Crippen molar-refractivity contribution in [1.29, 1.82) is 0 Å². The third-order valence-electron chi connectivity index (χ3n) is 10.9. The van der Waals surface area contributed by atoms with Crippen molar-refractivity contribution in [3.05, 3.63) is 0 Å². The Morgan fingerprint density at radius 1 is 0.255 bits per heavy atom. The van der Waals surface area contributed by atoms with E-state index < -0.39 is 0 Å². The van der Waals surface area contributed by atoms with Gasteiger partial charge in [0.15, 0.2) is 0 Å². The van der Waals surface area contributed by atoms with Crippen LogP contribution >= 0.6 is 0 Å². The second-order valence-electron chi connectivity index (χ2n) is 16.4. The molecule has 0 rings (SSSR count). The highest BCUT2D eigenvalue weighted by molar-refractivity contribution is 4.61. The zero-order valence-corrected chi connectivity index (χ0v) is 34.0. The van der Waals surface area contributed by atoms with Crippen LogP contribution in [0.25, 0.3) is 0 Å². The van der Waals surface area contributed by atoms with E-state index >= 15 is 0 Å². The number of nitrogens with zero attached hydrogens (tertiary/aromatic N) is 1. The Morgan fingerprint density at radius 3 is 0.660 bits per heavy atom. The molecule has 1 nitrogen and oxygen atoms in total. The molecule has 0 aliphatic heterocycles. The van der Waals surface area contributed by atoms with Crippen molar-refractivity contribution in [2.45, 2.75) is 272 Å². The molecule has 47 heavy (non-hydrogen) atoms. The van der Waals surface area contributed by atoms with Crippen LogP contribution in [0.1, 0.15) is 272 Å². The van der Waals surface area contributed by atoms with Crippen LogP contribution in [-0.2, 0) is 0 Å². The van der Waals surface area contributed by atoms with E-state index in [-0.39, 0.29) is 0 Å². The number of hydrogen-bond donors (Lipinski definition) is 0. The molecule has 0 spiro atoms. The van der Waals surface area contributed by atoms with Crippen LogP contribution in [0, 0.1) is 5.92 Å². The highest BCUT2D eigenvalue weighted by Crippen LogP contribution is 2.17. The third-order valence-corrected chi connectivity index (χ3v) is 10.9. The lowest BCUT2D eigenvalue weighted by Gasteiger charge is -2.22. The van der Waals surface area contributed by atoms with Crippen LogP contribution in [0.4, 0.5) is 0 Å². The van der Waals surface area contributed by atoms with Gasteiger partial charge in [-0.25, -0.2) is 0 Å². The number of unbranched alkanes of at least 4 members (excludes halogenated alkanes) is 34. The first-order valence-corrected chi connectivity index (χ1v) is 22.9. The minimum Gasteiger partial charge on any atom is -0.303 e. The van der Waals surface area contributed by atoms with E-state index in [0.717, 1.165) is 5.92 Å². The minimum atomic E-state index is 0.889. The summed E-state index contributed by atoms with van der Waals surface area (Å²) in [4.78, 5) is 2.87. The molecule has 0 unspecified atom stereocenters. The van der Waals surface area contributed by atoms with Gasteiger partial charge in [0.1, 0.15) is 0 Å². The molecule has 284 valence electrons. The molecular formula is C46H95N. The summed E-state index contributed by atoms with van der Waals surface area (Å²) in [6.07, 6.45) is 55.6. The molecular weight excluding hydrogens is 567 g/mol. The molecule has 0 fully saturated rings. The summed E-state index contributed by atoms with van der Waals surface area (Å²) in [6, 6.07) is 0. The fourth-order valence-corrected chi connectivity index (χ4v) is 7.52. The van der Waals surface area contributed by atoms with Crippen molar-refractivity contribution in [2.24, 2.45) is 5.92 Å². The second-order valence-corrected chi connectivity index (χ2v) is 16.4. The van der Waals surface area contributed by atoms with Crippen LogP contribution in [-0.4, -0.2) is 24.5 Å². The average Bonchev–Trinajstić information content (AvgIpc) is 3.06. The summed E-state index contributed by atoms with van der Waals surface area (Å²) in [5.41, 5.74) is 0. The zero-order valence-electron chi connectivity index (χ0n) is 34.0. The molecule has 0 bridgehead atoms. The lowest BCUT2D eigenvalue weighted by molar-refractivity contribution is 0.254. The molecule has 0 atom stereocenters. The maximum atomic E-state index is 2.87. The zero-order chi connectivity index (χ0) is 34.1. The van der Waals surface area contributed by atoms with Crippen LogP contribution in [0.15, 0.2) is 0 Å². The van der Waals surface area contributed by atoms with Gasteiger partial charge in [-0.2, -0.15) is 0 Å². The standard InChI is InChI=1S/C46H95N/c1-5-7-9-11-13-15-17-19-23-27-31-35-39-43-47(44-40-36-32-28-24-20-18-16-14-12-10-8-6-2)45-41-37-33-29-25-21-22-26-30-34-38-42-46(3)4/h46H,5-45H2,1-4H3. The monoisotopic (exact) mass is 662 g/mol. The van der Waals surface area contributed by atoms with Gasteiger partial charge >= 0.3 is 0 Å². The van der Waals surface area contributed by atoms with Gasteiger partial charge in [0.2, 0.25) is 0 Å². The van der Waals surface area contributed by atoms with Crippen LogP contribution < -0.4 is 0 Å². The Bertz CT molecular complexity index is 497. The van der Waals surface area contributed by atoms with E-state index in [2.05, 4.69) is 32.6 Å². The highest BCUT2D eigenvalue weighted by Gasteiger charge is 2.05. The third kappa shape index (κ3) is 42.0. The highest BCUT2D eigenvalue weighted by atomic mass is 15.1. The minimum absolute atomic E-state index is 0.889. The van der Waals surface area contributed by atoms with Gasteiger partial charge in [0.25, 0.3) is 0 Å². The van der Waals surface area contributed by atoms with E-state index in [1.54, 1.807) is 0 Å². The van der Waals surface area contributed by atoms with E-state index in [9.17, 15) is 0 Å². The van der Waals surface area contributed by atoms with Gasteiger partial charge in [0.05, 0.1) is 0 Å². The molecule has 0 amide bonds. The molecule has 0 aromatic carbocycles. The fraction of sp³-hybridized carbons (Fsp3) is 1.00. The summed E-state index contributed by atoms with van der Waals surface area (Å²) < 4.78 is 0. The van der Waals surface area contributed by atoms with E-state index in [1.165, 1.54) is 264 Å². The second kappa shape index (κ2) is 42.1. The quantitative estimate of drug-likeness (QED) is 0.0588. The van der Waals surface area contributed by atoms with Gasteiger partial charge in [-0.3, -0.25) is 0 Å². The Labute approximate surface area is 301 Å². The van der Waals surface area contributed by atoms with Crippen LogP contribution in [0.2, 0.25) is 0 Å². The van der Waals surface area contributed by atoms with E-state index in [1.807, 2.05) is 0 Å². The first kappa shape index (κ1) is 47.0. The summed E-state index contributed by atoms with van der Waals surface area (Å²) in [6.45, 7) is 13.5. The van der Waals surface area contributed by atoms with Gasteiger partial charge < -0.3 is 4.90 Å². The lowest BCUT2D eigenvalue weighted by Crippen LogP contribution is -2.27. The van der Waals surface area contributed by atoms with Crippen molar-refractivity contribution >= 4 is 0 Å². The summed E-state index contributed by atoms with van der Waals surface area (Å²) >= 11 is 0. The maximum absolute atomic E-state index is 2.87.